The molecule has 8 heteroatoms. The summed E-state index contributed by atoms with van der Waals surface area (Å²) in [5.41, 5.74) is 3.33. The van der Waals surface area contributed by atoms with Crippen LogP contribution in [-0.4, -0.2) is 58.5 Å². The molecule has 0 atom stereocenters. The SMILES string of the molecule is COc1ccc(NC(=O)C[NH+]2CCN(S(=O)(=O)c3c(C)cc(C)cc3C)CC2)cc1. The molecule has 162 valence electrons. The van der Waals surface area contributed by atoms with Crippen molar-refractivity contribution in [3.8, 4) is 5.75 Å². The van der Waals surface area contributed by atoms with Gasteiger partial charge in [-0.15, -0.1) is 0 Å². The fourth-order valence-corrected chi connectivity index (χ4v) is 5.88. The van der Waals surface area contributed by atoms with Gasteiger partial charge in [-0.1, -0.05) is 17.7 Å². The molecule has 1 saturated heterocycles. The van der Waals surface area contributed by atoms with E-state index in [-0.39, 0.29) is 5.91 Å². The summed E-state index contributed by atoms with van der Waals surface area (Å²) in [6.07, 6.45) is 0. The first kappa shape index (κ1) is 22.3. The second kappa shape index (κ2) is 9.16. The predicted octanol–water partition coefficient (Wildman–Crippen LogP) is 1.15. The third-order valence-electron chi connectivity index (χ3n) is 5.42. The number of carbonyl (C=O) groups excluding carboxylic acids is 1. The van der Waals surface area contributed by atoms with Crippen LogP contribution >= 0.6 is 0 Å². The van der Waals surface area contributed by atoms with E-state index in [9.17, 15) is 13.2 Å². The van der Waals surface area contributed by atoms with E-state index in [2.05, 4.69) is 5.32 Å². The van der Waals surface area contributed by atoms with Crippen LogP contribution in [0.5, 0.6) is 5.75 Å². The number of nitrogens with one attached hydrogen (secondary N) is 2. The normalized spacial score (nSPS) is 15.7. The first-order chi connectivity index (χ1) is 14.2. The molecule has 0 spiro atoms. The molecule has 0 aliphatic carbocycles. The average molecular weight is 433 g/mol. The number of sulfonamides is 1. The van der Waals surface area contributed by atoms with Gasteiger partial charge in [0, 0.05) is 5.69 Å². The molecule has 1 aliphatic rings. The molecule has 1 heterocycles. The van der Waals surface area contributed by atoms with Gasteiger partial charge in [0.1, 0.15) is 5.75 Å². The van der Waals surface area contributed by atoms with Crippen LogP contribution in [0.3, 0.4) is 0 Å². The van der Waals surface area contributed by atoms with E-state index >= 15 is 0 Å². The number of rotatable bonds is 6. The van der Waals surface area contributed by atoms with Gasteiger partial charge in [-0.05, 0) is 56.2 Å². The summed E-state index contributed by atoms with van der Waals surface area (Å²) in [6.45, 7) is 7.96. The summed E-state index contributed by atoms with van der Waals surface area (Å²) >= 11 is 0. The van der Waals surface area contributed by atoms with Crippen molar-refractivity contribution in [3.05, 3.63) is 53.1 Å². The highest BCUT2D eigenvalue weighted by Gasteiger charge is 2.33. The third-order valence-corrected chi connectivity index (χ3v) is 7.62. The van der Waals surface area contributed by atoms with Gasteiger partial charge < -0.3 is 15.0 Å². The summed E-state index contributed by atoms with van der Waals surface area (Å²) in [6, 6.07) is 11.0. The number of methoxy groups -OCH3 is 1. The fraction of sp³-hybridized carbons (Fsp3) is 0.409. The van der Waals surface area contributed by atoms with Gasteiger partial charge in [0.15, 0.2) is 6.54 Å². The number of hydrogen-bond acceptors (Lipinski definition) is 4. The summed E-state index contributed by atoms with van der Waals surface area (Å²) in [5.74, 6) is 0.645. The van der Waals surface area contributed by atoms with Crippen LogP contribution in [-0.2, 0) is 14.8 Å². The van der Waals surface area contributed by atoms with Gasteiger partial charge >= 0.3 is 0 Å². The van der Waals surface area contributed by atoms with Gasteiger partial charge in [-0.25, -0.2) is 8.42 Å². The molecule has 30 heavy (non-hydrogen) atoms. The summed E-state index contributed by atoms with van der Waals surface area (Å²) < 4.78 is 33.0. The Morgan fingerprint density at radius 2 is 1.63 bits per heavy atom. The molecule has 0 aromatic heterocycles. The fourth-order valence-electron chi connectivity index (χ4n) is 4.03. The van der Waals surface area contributed by atoms with Crippen LogP contribution < -0.4 is 15.0 Å². The van der Waals surface area contributed by atoms with Gasteiger partial charge in [-0.2, -0.15) is 4.31 Å². The van der Waals surface area contributed by atoms with Crippen molar-refractivity contribution in [1.29, 1.82) is 0 Å². The maximum atomic E-state index is 13.2. The molecule has 0 saturated carbocycles. The van der Waals surface area contributed by atoms with Gasteiger partial charge in [0.25, 0.3) is 5.91 Å². The smallest absolute Gasteiger partial charge is 0.279 e. The highest BCUT2D eigenvalue weighted by molar-refractivity contribution is 7.89. The Labute approximate surface area is 178 Å². The summed E-state index contributed by atoms with van der Waals surface area (Å²) in [7, 11) is -1.94. The van der Waals surface area contributed by atoms with E-state index in [4.69, 9.17) is 4.74 Å². The second-order valence-corrected chi connectivity index (χ2v) is 9.71. The van der Waals surface area contributed by atoms with Crippen molar-refractivity contribution in [2.24, 2.45) is 0 Å². The minimum Gasteiger partial charge on any atom is -0.497 e. The number of ether oxygens (including phenoxy) is 1. The Hall–Kier alpha value is -2.42. The van der Waals surface area contributed by atoms with Crippen molar-refractivity contribution in [2.45, 2.75) is 25.7 Å². The monoisotopic (exact) mass is 432 g/mol. The number of benzene rings is 2. The summed E-state index contributed by atoms with van der Waals surface area (Å²) in [4.78, 5) is 13.8. The molecule has 0 radical (unpaired) electrons. The second-order valence-electron chi connectivity index (χ2n) is 7.84. The molecular weight excluding hydrogens is 402 g/mol. The molecule has 7 nitrogen and oxygen atoms in total. The van der Waals surface area contributed by atoms with E-state index < -0.39 is 10.0 Å². The Bertz CT molecular complexity index is 988. The molecule has 2 N–H and O–H groups in total. The number of nitrogens with zero attached hydrogens (tertiary/aromatic N) is 1. The zero-order valence-corrected chi connectivity index (χ0v) is 18.8. The Morgan fingerprint density at radius 3 is 2.17 bits per heavy atom. The molecule has 1 aliphatic heterocycles. The van der Waals surface area contributed by atoms with Crippen molar-refractivity contribution in [2.75, 3.05) is 45.2 Å². The van der Waals surface area contributed by atoms with E-state index in [1.54, 1.807) is 35.7 Å². The van der Waals surface area contributed by atoms with Gasteiger partial charge in [0.2, 0.25) is 10.0 Å². The minimum atomic E-state index is -3.54. The van der Waals surface area contributed by atoms with Gasteiger partial charge in [-0.3, -0.25) is 4.79 Å². The van der Waals surface area contributed by atoms with Crippen LogP contribution in [0.25, 0.3) is 0 Å². The third kappa shape index (κ3) is 5.00. The topological polar surface area (TPSA) is 80.2 Å². The summed E-state index contributed by atoms with van der Waals surface area (Å²) in [5, 5.41) is 2.88. The maximum absolute atomic E-state index is 13.2. The Balaban J connectivity index is 1.58. The first-order valence-electron chi connectivity index (χ1n) is 10.1. The van der Waals surface area contributed by atoms with Crippen LogP contribution in [0.15, 0.2) is 41.3 Å². The lowest BCUT2D eigenvalue weighted by atomic mass is 10.1. The zero-order valence-electron chi connectivity index (χ0n) is 18.0. The molecule has 0 unspecified atom stereocenters. The van der Waals surface area contributed by atoms with Crippen LogP contribution in [0.4, 0.5) is 5.69 Å². The molecule has 1 fully saturated rings. The predicted molar refractivity (Wildman–Crippen MR) is 117 cm³/mol. The van der Waals surface area contributed by atoms with Crippen molar-refractivity contribution in [3.63, 3.8) is 0 Å². The lowest BCUT2D eigenvalue weighted by molar-refractivity contribution is -0.895. The molecular formula is C22H30N3O4S+. The van der Waals surface area contributed by atoms with E-state index in [1.165, 1.54) is 0 Å². The lowest BCUT2D eigenvalue weighted by Gasteiger charge is -2.32. The average Bonchev–Trinajstić information content (AvgIpc) is 2.68. The lowest BCUT2D eigenvalue weighted by Crippen LogP contribution is -3.15. The van der Waals surface area contributed by atoms with Crippen molar-refractivity contribution >= 4 is 21.6 Å². The molecule has 1 amide bonds. The number of aryl methyl sites for hydroxylation is 3. The molecule has 0 bridgehead atoms. The number of amides is 1. The quantitative estimate of drug-likeness (QED) is 0.718. The zero-order chi connectivity index (χ0) is 21.9. The largest absolute Gasteiger partial charge is 0.497 e. The maximum Gasteiger partial charge on any atom is 0.279 e. The number of carbonyl (C=O) groups is 1. The number of quaternary nitrogens is 1. The Morgan fingerprint density at radius 1 is 1.07 bits per heavy atom. The van der Waals surface area contributed by atoms with Crippen molar-refractivity contribution < 1.29 is 22.8 Å². The highest BCUT2D eigenvalue weighted by atomic mass is 32.2. The van der Waals surface area contributed by atoms with E-state index in [1.807, 2.05) is 32.9 Å². The van der Waals surface area contributed by atoms with E-state index in [0.29, 0.717) is 43.3 Å². The van der Waals surface area contributed by atoms with Crippen LogP contribution in [0, 0.1) is 20.8 Å². The molecule has 2 aromatic rings. The molecule has 2 aromatic carbocycles. The molecule has 3 rings (SSSR count). The van der Waals surface area contributed by atoms with E-state index in [0.717, 1.165) is 27.3 Å². The standard InChI is InChI=1S/C22H29N3O4S/c1-16-13-17(2)22(18(3)14-16)30(27,28)25-11-9-24(10-12-25)15-21(26)23-19-5-7-20(29-4)8-6-19/h5-8,13-14H,9-12,15H2,1-4H3,(H,23,26)/p+1. The van der Waals surface area contributed by atoms with Gasteiger partial charge in [0.05, 0.1) is 38.2 Å². The highest BCUT2D eigenvalue weighted by Crippen LogP contribution is 2.25. The number of hydrogen-bond donors (Lipinski definition) is 2. The van der Waals surface area contributed by atoms with Crippen LogP contribution in [0.2, 0.25) is 0 Å². The number of anilines is 1. The number of piperazine rings is 1. The minimum absolute atomic E-state index is 0.0864. The first-order valence-corrected chi connectivity index (χ1v) is 11.5. The van der Waals surface area contributed by atoms with Crippen LogP contribution in [0.1, 0.15) is 16.7 Å². The Kier molecular flexibility index (Phi) is 6.80. The van der Waals surface area contributed by atoms with Crippen molar-refractivity contribution in [1.82, 2.24) is 4.31 Å².